The summed E-state index contributed by atoms with van der Waals surface area (Å²) >= 11 is 5.92. The molecule has 1 nitrogen and oxygen atoms in total. The van der Waals surface area contributed by atoms with Gasteiger partial charge < -0.3 is 5.11 Å². The van der Waals surface area contributed by atoms with Gasteiger partial charge in [0.2, 0.25) is 0 Å². The van der Waals surface area contributed by atoms with Gasteiger partial charge in [0.25, 0.3) is 0 Å². The molecule has 0 saturated heterocycles. The number of hydrogen-bond donors (Lipinski definition) is 1. The average Bonchev–Trinajstić information content (AvgIpc) is 2.72. The van der Waals surface area contributed by atoms with E-state index in [1.165, 1.54) is 12.1 Å². The van der Waals surface area contributed by atoms with Crippen molar-refractivity contribution in [2.24, 2.45) is 0 Å². The molecule has 0 unspecified atom stereocenters. The summed E-state index contributed by atoms with van der Waals surface area (Å²) in [5.41, 5.74) is -1.32. The molecule has 0 spiro atoms. The Hall–Kier alpha value is -0.900. The van der Waals surface area contributed by atoms with E-state index in [9.17, 15) is 18.3 Å². The molecule has 1 saturated carbocycles. The SMILES string of the molecule is Cc1cc(C2(C(F)(F)F)CCCC2)c(Cl)cc1O. The first-order chi connectivity index (χ1) is 8.28. The van der Waals surface area contributed by atoms with Gasteiger partial charge in [-0.1, -0.05) is 30.5 Å². The fraction of sp³-hybridized carbons (Fsp3) is 0.538. The maximum absolute atomic E-state index is 13.4. The first kappa shape index (κ1) is 13.5. The minimum atomic E-state index is -4.31. The fourth-order valence-electron chi connectivity index (χ4n) is 2.72. The van der Waals surface area contributed by atoms with Crippen LogP contribution in [0.15, 0.2) is 12.1 Å². The van der Waals surface area contributed by atoms with Gasteiger partial charge in [0, 0.05) is 5.02 Å². The van der Waals surface area contributed by atoms with Crippen LogP contribution in [0.5, 0.6) is 5.75 Å². The molecule has 0 radical (unpaired) electrons. The Balaban J connectivity index is 2.61. The molecule has 1 aliphatic rings. The van der Waals surface area contributed by atoms with Crippen molar-refractivity contribution in [3.63, 3.8) is 0 Å². The number of phenolic OH excluding ortho intramolecular Hbond substituents is 1. The molecule has 18 heavy (non-hydrogen) atoms. The van der Waals surface area contributed by atoms with Crippen molar-refractivity contribution in [1.29, 1.82) is 0 Å². The van der Waals surface area contributed by atoms with Crippen molar-refractivity contribution in [2.45, 2.75) is 44.2 Å². The normalized spacial score (nSPS) is 19.2. The van der Waals surface area contributed by atoms with E-state index in [0.717, 1.165) is 0 Å². The quantitative estimate of drug-likeness (QED) is 0.787. The predicted molar refractivity (Wildman–Crippen MR) is 64.1 cm³/mol. The highest BCUT2D eigenvalue weighted by molar-refractivity contribution is 6.31. The maximum Gasteiger partial charge on any atom is 0.398 e. The van der Waals surface area contributed by atoms with E-state index >= 15 is 0 Å². The largest absolute Gasteiger partial charge is 0.508 e. The number of halogens is 4. The van der Waals surface area contributed by atoms with Gasteiger partial charge in [-0.2, -0.15) is 13.2 Å². The predicted octanol–water partition coefficient (Wildman–Crippen LogP) is 4.73. The molecule has 5 heteroatoms. The van der Waals surface area contributed by atoms with Crippen LogP contribution in [0.4, 0.5) is 13.2 Å². The molecule has 1 aliphatic carbocycles. The van der Waals surface area contributed by atoms with Gasteiger partial charge in [-0.25, -0.2) is 0 Å². The topological polar surface area (TPSA) is 20.2 Å². The Morgan fingerprint density at radius 3 is 2.28 bits per heavy atom. The number of aromatic hydroxyl groups is 1. The number of alkyl halides is 3. The molecule has 1 aromatic rings. The van der Waals surface area contributed by atoms with E-state index in [1.807, 2.05) is 0 Å². The van der Waals surface area contributed by atoms with E-state index in [0.29, 0.717) is 18.4 Å². The standard InChI is InChI=1S/C13H14ClF3O/c1-8-6-9(10(14)7-11(8)18)12(13(15,16)17)4-2-3-5-12/h6-7,18H,2-5H2,1H3. The third-order valence-corrected chi connectivity index (χ3v) is 4.11. The minimum absolute atomic E-state index is 0.00248. The summed E-state index contributed by atoms with van der Waals surface area (Å²) < 4.78 is 40.2. The first-order valence-electron chi connectivity index (χ1n) is 5.84. The molecule has 1 fully saturated rings. The summed E-state index contributed by atoms with van der Waals surface area (Å²) in [7, 11) is 0. The average molecular weight is 279 g/mol. The Kier molecular flexibility index (Phi) is 3.26. The summed E-state index contributed by atoms with van der Waals surface area (Å²) in [6.07, 6.45) is -3.07. The van der Waals surface area contributed by atoms with Crippen LogP contribution in [0.3, 0.4) is 0 Å². The lowest BCUT2D eigenvalue weighted by Gasteiger charge is -2.33. The molecule has 0 bridgehead atoms. The molecular formula is C13H14ClF3O. The molecule has 0 aromatic heterocycles. The molecule has 100 valence electrons. The highest BCUT2D eigenvalue weighted by atomic mass is 35.5. The third-order valence-electron chi connectivity index (χ3n) is 3.80. The van der Waals surface area contributed by atoms with Crippen LogP contribution in [0.1, 0.15) is 36.8 Å². The highest BCUT2D eigenvalue weighted by Crippen LogP contribution is 2.54. The lowest BCUT2D eigenvalue weighted by Crippen LogP contribution is -2.40. The molecule has 0 atom stereocenters. The van der Waals surface area contributed by atoms with Gasteiger partial charge in [-0.15, -0.1) is 0 Å². The first-order valence-corrected chi connectivity index (χ1v) is 6.22. The summed E-state index contributed by atoms with van der Waals surface area (Å²) in [6, 6.07) is 2.58. The van der Waals surface area contributed by atoms with E-state index in [4.69, 9.17) is 11.6 Å². The maximum atomic E-state index is 13.4. The fourth-order valence-corrected chi connectivity index (χ4v) is 3.06. The van der Waals surface area contributed by atoms with Crippen LogP contribution >= 0.6 is 11.6 Å². The van der Waals surface area contributed by atoms with Crippen molar-refractivity contribution in [1.82, 2.24) is 0 Å². The minimum Gasteiger partial charge on any atom is -0.508 e. The monoisotopic (exact) mass is 278 g/mol. The van der Waals surface area contributed by atoms with Crippen LogP contribution in [0.2, 0.25) is 5.02 Å². The third kappa shape index (κ3) is 1.96. The zero-order valence-corrected chi connectivity index (χ0v) is 10.7. The summed E-state index contributed by atoms with van der Waals surface area (Å²) in [5, 5.41) is 9.49. The van der Waals surface area contributed by atoms with Gasteiger partial charge in [-0.05, 0) is 37.0 Å². The lowest BCUT2D eigenvalue weighted by molar-refractivity contribution is -0.189. The molecule has 1 N–H and O–H groups in total. The van der Waals surface area contributed by atoms with Crippen LogP contribution in [0, 0.1) is 6.92 Å². The Morgan fingerprint density at radius 1 is 1.22 bits per heavy atom. The summed E-state index contributed by atoms with van der Waals surface area (Å²) in [6.45, 7) is 1.58. The van der Waals surface area contributed by atoms with E-state index in [2.05, 4.69) is 0 Å². The zero-order chi connectivity index (χ0) is 13.6. The molecule has 0 aliphatic heterocycles. The number of benzene rings is 1. The number of rotatable bonds is 1. The van der Waals surface area contributed by atoms with Crippen LogP contribution in [0.25, 0.3) is 0 Å². The summed E-state index contributed by atoms with van der Waals surface area (Å²) in [4.78, 5) is 0. The second-order valence-electron chi connectivity index (χ2n) is 4.91. The summed E-state index contributed by atoms with van der Waals surface area (Å²) in [5.74, 6) is -0.0703. The Labute approximate surface area is 109 Å². The van der Waals surface area contributed by atoms with Gasteiger partial charge in [-0.3, -0.25) is 0 Å². The Morgan fingerprint density at radius 2 is 1.78 bits per heavy atom. The van der Waals surface area contributed by atoms with Crippen molar-refractivity contribution >= 4 is 11.6 Å². The molecular weight excluding hydrogens is 265 g/mol. The second kappa shape index (κ2) is 4.34. The van der Waals surface area contributed by atoms with Crippen LogP contribution < -0.4 is 0 Å². The Bertz CT molecular complexity index is 462. The van der Waals surface area contributed by atoms with Crippen molar-refractivity contribution in [3.8, 4) is 5.75 Å². The van der Waals surface area contributed by atoms with Gasteiger partial charge in [0.05, 0.1) is 5.41 Å². The lowest BCUT2D eigenvalue weighted by atomic mass is 9.77. The number of hydrogen-bond acceptors (Lipinski definition) is 1. The second-order valence-corrected chi connectivity index (χ2v) is 5.31. The zero-order valence-electron chi connectivity index (χ0n) is 9.94. The van der Waals surface area contributed by atoms with E-state index < -0.39 is 11.6 Å². The van der Waals surface area contributed by atoms with Crippen LogP contribution in [-0.2, 0) is 5.41 Å². The van der Waals surface area contributed by atoms with Crippen LogP contribution in [-0.4, -0.2) is 11.3 Å². The molecule has 1 aromatic carbocycles. The molecule has 0 amide bonds. The van der Waals surface area contributed by atoms with Gasteiger partial charge >= 0.3 is 6.18 Å². The molecule has 2 rings (SSSR count). The molecule has 0 heterocycles. The van der Waals surface area contributed by atoms with Crippen molar-refractivity contribution in [2.75, 3.05) is 0 Å². The number of phenols is 1. The van der Waals surface area contributed by atoms with Gasteiger partial charge in [0.15, 0.2) is 0 Å². The van der Waals surface area contributed by atoms with Gasteiger partial charge in [0.1, 0.15) is 5.75 Å². The van der Waals surface area contributed by atoms with Crippen molar-refractivity contribution in [3.05, 3.63) is 28.3 Å². The number of aryl methyl sites for hydroxylation is 1. The smallest absolute Gasteiger partial charge is 0.398 e. The van der Waals surface area contributed by atoms with Crippen molar-refractivity contribution < 1.29 is 18.3 Å². The highest BCUT2D eigenvalue weighted by Gasteiger charge is 2.57. The van der Waals surface area contributed by atoms with E-state index in [-0.39, 0.29) is 29.2 Å². The van der Waals surface area contributed by atoms with E-state index in [1.54, 1.807) is 6.92 Å².